The third-order valence-electron chi connectivity index (χ3n) is 8.79. The van der Waals surface area contributed by atoms with Crippen LogP contribution in [0, 0.1) is 0 Å². The molecule has 50 heavy (non-hydrogen) atoms. The summed E-state index contributed by atoms with van der Waals surface area (Å²) in [5.74, 6) is 1.23. The number of benzene rings is 3. The standard InChI is InChI=1S/C38H45N9O3/c1-43(2)18-9-14-35(48)40-30-12-8-13-32(24-30)47-36-29(17-19-46(38(47)49)27-28-10-6-5-7-11-28)26-39-37(42-36)41-33-16-15-31(25-34(33)50-4)45-22-20-44(3)21-23-45/h5-16,24-26H,17-23,27H2,1-4H3,(H,40,48)(H,39,41,42)/b14-9+. The molecule has 1 aromatic heterocycles. The maximum atomic E-state index is 14.5. The summed E-state index contributed by atoms with van der Waals surface area (Å²) in [5, 5.41) is 6.27. The highest BCUT2D eigenvalue weighted by Crippen LogP contribution is 2.36. The summed E-state index contributed by atoms with van der Waals surface area (Å²) in [6.45, 7) is 5.48. The fourth-order valence-corrected chi connectivity index (χ4v) is 6.04. The van der Waals surface area contributed by atoms with Gasteiger partial charge >= 0.3 is 6.03 Å². The lowest BCUT2D eigenvalue weighted by Gasteiger charge is -2.34. The van der Waals surface area contributed by atoms with Crippen LogP contribution >= 0.6 is 0 Å². The van der Waals surface area contributed by atoms with Crippen molar-refractivity contribution in [3.05, 3.63) is 102 Å². The molecule has 12 nitrogen and oxygen atoms in total. The minimum Gasteiger partial charge on any atom is -0.494 e. The number of aromatic nitrogens is 2. The molecular weight excluding hydrogens is 630 g/mol. The Labute approximate surface area is 294 Å². The fraction of sp³-hybridized carbons (Fsp3) is 0.316. The number of amides is 3. The van der Waals surface area contributed by atoms with Gasteiger partial charge in [0.25, 0.3) is 0 Å². The van der Waals surface area contributed by atoms with Gasteiger partial charge < -0.3 is 35.0 Å². The highest BCUT2D eigenvalue weighted by Gasteiger charge is 2.31. The second kappa shape index (κ2) is 15.8. The molecule has 0 atom stereocenters. The third kappa shape index (κ3) is 8.39. The second-order valence-electron chi connectivity index (χ2n) is 12.8. The van der Waals surface area contributed by atoms with Gasteiger partial charge in [-0.15, -0.1) is 0 Å². The Bertz CT molecular complexity index is 1820. The molecule has 0 radical (unpaired) electrons. The zero-order chi connectivity index (χ0) is 35.0. The molecule has 0 aliphatic carbocycles. The van der Waals surface area contributed by atoms with E-state index < -0.39 is 0 Å². The van der Waals surface area contributed by atoms with Gasteiger partial charge in [0.05, 0.1) is 18.5 Å². The van der Waals surface area contributed by atoms with Crippen LogP contribution in [0.15, 0.2) is 91.1 Å². The maximum absolute atomic E-state index is 14.5. The lowest BCUT2D eigenvalue weighted by Crippen LogP contribution is -2.44. The lowest BCUT2D eigenvalue weighted by atomic mass is 10.2. The number of fused-ring (bicyclic) bond motifs is 1. The van der Waals surface area contributed by atoms with Gasteiger partial charge in [-0.05, 0) is 63.5 Å². The second-order valence-corrected chi connectivity index (χ2v) is 12.8. The van der Waals surface area contributed by atoms with Crippen molar-refractivity contribution in [3.8, 4) is 5.75 Å². The molecule has 2 N–H and O–H groups in total. The molecule has 3 amide bonds. The molecule has 0 spiro atoms. The highest BCUT2D eigenvalue weighted by molar-refractivity contribution is 6.02. The van der Waals surface area contributed by atoms with E-state index in [9.17, 15) is 9.59 Å². The summed E-state index contributed by atoms with van der Waals surface area (Å²) in [6, 6.07) is 23.1. The van der Waals surface area contributed by atoms with Crippen LogP contribution in [0.4, 0.5) is 39.3 Å². The molecule has 1 saturated heterocycles. The number of carbonyl (C=O) groups excluding carboxylic acids is 2. The average molecular weight is 676 g/mol. The van der Waals surface area contributed by atoms with E-state index in [1.807, 2.05) is 78.5 Å². The Morgan fingerprint density at radius 2 is 1.76 bits per heavy atom. The molecule has 0 unspecified atom stereocenters. The van der Waals surface area contributed by atoms with Crippen LogP contribution in [0.1, 0.15) is 11.1 Å². The van der Waals surface area contributed by atoms with E-state index in [0.29, 0.717) is 54.9 Å². The van der Waals surface area contributed by atoms with Crippen LogP contribution in [0.3, 0.4) is 0 Å². The van der Waals surface area contributed by atoms with Gasteiger partial charge in [-0.3, -0.25) is 4.79 Å². The summed E-state index contributed by atoms with van der Waals surface area (Å²) < 4.78 is 5.79. The molecule has 1 fully saturated rings. The number of likely N-dealkylation sites (N-methyl/N-ethyl adjacent to an activating group) is 2. The van der Waals surface area contributed by atoms with Crippen molar-refractivity contribution in [2.24, 2.45) is 0 Å². The topological polar surface area (TPSA) is 109 Å². The number of piperazine rings is 1. The van der Waals surface area contributed by atoms with Crippen molar-refractivity contribution in [2.45, 2.75) is 13.0 Å². The van der Waals surface area contributed by atoms with Crippen molar-refractivity contribution in [3.63, 3.8) is 0 Å². The van der Waals surface area contributed by atoms with E-state index in [2.05, 4.69) is 38.5 Å². The molecule has 0 saturated carbocycles. The number of carbonyl (C=O) groups is 2. The monoisotopic (exact) mass is 675 g/mol. The molecule has 12 heteroatoms. The molecule has 260 valence electrons. The fourth-order valence-electron chi connectivity index (χ4n) is 6.04. The third-order valence-corrected chi connectivity index (χ3v) is 8.79. The number of ether oxygens (including phenoxy) is 1. The van der Waals surface area contributed by atoms with Gasteiger partial charge in [0, 0.05) is 81.1 Å². The molecule has 3 aromatic carbocycles. The van der Waals surface area contributed by atoms with Gasteiger partial charge in [0.15, 0.2) is 0 Å². The zero-order valence-corrected chi connectivity index (χ0v) is 29.2. The Hall–Kier alpha value is -5.46. The van der Waals surface area contributed by atoms with E-state index >= 15 is 0 Å². The van der Waals surface area contributed by atoms with Gasteiger partial charge in [-0.2, -0.15) is 4.98 Å². The number of hydrogen-bond donors (Lipinski definition) is 2. The number of nitrogens with one attached hydrogen (secondary N) is 2. The van der Waals surface area contributed by atoms with Gasteiger partial charge in [0.2, 0.25) is 11.9 Å². The zero-order valence-electron chi connectivity index (χ0n) is 29.2. The van der Waals surface area contributed by atoms with E-state index in [0.717, 1.165) is 48.7 Å². The van der Waals surface area contributed by atoms with Crippen LogP contribution < -0.4 is 25.2 Å². The first-order valence-electron chi connectivity index (χ1n) is 16.9. The number of anilines is 6. The Morgan fingerprint density at radius 1 is 0.960 bits per heavy atom. The lowest BCUT2D eigenvalue weighted by molar-refractivity contribution is -0.111. The maximum Gasteiger partial charge on any atom is 0.330 e. The minimum atomic E-state index is -0.251. The van der Waals surface area contributed by atoms with E-state index in [-0.39, 0.29) is 11.9 Å². The van der Waals surface area contributed by atoms with Gasteiger partial charge in [0.1, 0.15) is 11.6 Å². The molecular formula is C38H45N9O3. The van der Waals surface area contributed by atoms with Crippen molar-refractivity contribution in [1.29, 1.82) is 0 Å². The number of hydrogen-bond acceptors (Lipinski definition) is 9. The molecule has 3 heterocycles. The predicted molar refractivity (Wildman–Crippen MR) is 199 cm³/mol. The van der Waals surface area contributed by atoms with Gasteiger partial charge in [-0.1, -0.05) is 42.5 Å². The first-order chi connectivity index (χ1) is 24.3. The molecule has 6 rings (SSSR count). The quantitative estimate of drug-likeness (QED) is 0.203. The molecule has 2 aliphatic heterocycles. The summed E-state index contributed by atoms with van der Waals surface area (Å²) in [5.41, 5.74) is 4.81. The first kappa shape index (κ1) is 34.4. The number of methoxy groups -OCH3 is 1. The number of rotatable bonds is 11. The summed E-state index contributed by atoms with van der Waals surface area (Å²) in [4.78, 5) is 46.9. The minimum absolute atomic E-state index is 0.222. The summed E-state index contributed by atoms with van der Waals surface area (Å²) in [7, 11) is 7.67. The van der Waals surface area contributed by atoms with Crippen molar-refractivity contribution in [1.82, 2.24) is 24.7 Å². The SMILES string of the molecule is COc1cc(N2CCN(C)CC2)ccc1Nc1ncc2c(n1)N(c1cccc(NC(=O)/C=C/CN(C)C)c1)C(=O)N(Cc1ccccc1)CC2. The molecule has 4 aromatic rings. The highest BCUT2D eigenvalue weighted by atomic mass is 16.5. The van der Waals surface area contributed by atoms with E-state index in [1.165, 1.54) is 6.08 Å². The summed E-state index contributed by atoms with van der Waals surface area (Å²) >= 11 is 0. The Morgan fingerprint density at radius 3 is 2.52 bits per heavy atom. The summed E-state index contributed by atoms with van der Waals surface area (Å²) in [6.07, 6.45) is 5.66. The Kier molecular flexibility index (Phi) is 10.9. The van der Waals surface area contributed by atoms with Crippen LogP contribution in [0.25, 0.3) is 0 Å². The normalized spacial score (nSPS) is 15.3. The van der Waals surface area contributed by atoms with Crippen LogP contribution in [0.2, 0.25) is 0 Å². The van der Waals surface area contributed by atoms with E-state index in [4.69, 9.17) is 9.72 Å². The van der Waals surface area contributed by atoms with E-state index in [1.54, 1.807) is 36.4 Å². The molecule has 0 bridgehead atoms. The number of nitrogens with zero attached hydrogens (tertiary/aromatic N) is 7. The van der Waals surface area contributed by atoms with Crippen LogP contribution in [-0.4, -0.2) is 104 Å². The van der Waals surface area contributed by atoms with Crippen molar-refractivity contribution >= 4 is 46.5 Å². The average Bonchev–Trinajstić information content (AvgIpc) is 3.24. The van der Waals surface area contributed by atoms with Crippen LogP contribution in [-0.2, 0) is 17.8 Å². The molecule has 2 aliphatic rings. The predicted octanol–water partition coefficient (Wildman–Crippen LogP) is 5.35. The van der Waals surface area contributed by atoms with Crippen LogP contribution in [0.5, 0.6) is 5.75 Å². The number of urea groups is 1. The first-order valence-corrected chi connectivity index (χ1v) is 16.9. The Balaban J connectivity index is 1.31. The smallest absolute Gasteiger partial charge is 0.330 e. The largest absolute Gasteiger partial charge is 0.494 e. The van der Waals surface area contributed by atoms with Crippen molar-refractivity contribution < 1.29 is 14.3 Å². The van der Waals surface area contributed by atoms with Gasteiger partial charge in [-0.25, -0.2) is 14.7 Å². The van der Waals surface area contributed by atoms with Crippen molar-refractivity contribution in [2.75, 3.05) is 88.0 Å².